The molecule has 2 rings (SSSR count). The number of nitrogens with one attached hydrogen (secondary N) is 1. The molecule has 1 aliphatic heterocycles. The molecule has 1 aromatic rings. The monoisotopic (exact) mass is 253 g/mol. The summed E-state index contributed by atoms with van der Waals surface area (Å²) in [4.78, 5) is 1.98. The molecular weight excluding hydrogens is 234 g/mol. The van der Waals surface area contributed by atoms with Gasteiger partial charge < -0.3 is 11.1 Å². The molecule has 0 aliphatic carbocycles. The fraction of sp³-hybridized carbons (Fsp3) is 0.125. The van der Waals surface area contributed by atoms with Crippen molar-refractivity contribution in [2.45, 2.75) is 13.8 Å². The third kappa shape index (κ3) is 2.40. The van der Waals surface area contributed by atoms with Crippen LogP contribution in [0.3, 0.4) is 0 Å². The topological polar surface area (TPSA) is 41.3 Å². The van der Waals surface area contributed by atoms with Gasteiger partial charge in [-0.2, -0.15) is 0 Å². The van der Waals surface area contributed by atoms with E-state index in [4.69, 9.17) is 5.73 Å². The minimum atomic E-state index is 0.514. The number of hydrogen-bond donors (Lipinski definition) is 2. The SMILES string of the molecule is C=C(N)C1=C(/C=C\C)NC(=C)N1c1ccc(C)cc1. The largest absolute Gasteiger partial charge is 0.397 e. The first-order chi connectivity index (χ1) is 9.04. The number of nitrogens with zero attached hydrogens (tertiary/aromatic N) is 1. The highest BCUT2D eigenvalue weighted by atomic mass is 15.3. The summed E-state index contributed by atoms with van der Waals surface area (Å²) in [6.07, 6.45) is 3.92. The lowest BCUT2D eigenvalue weighted by atomic mass is 10.2. The number of rotatable bonds is 3. The highest BCUT2D eigenvalue weighted by Gasteiger charge is 2.26. The molecule has 3 heteroatoms. The predicted octanol–water partition coefficient (Wildman–Crippen LogP) is 3.14. The van der Waals surface area contributed by atoms with Crippen molar-refractivity contribution < 1.29 is 0 Å². The molecule has 0 radical (unpaired) electrons. The third-order valence-corrected chi connectivity index (χ3v) is 2.96. The van der Waals surface area contributed by atoms with E-state index in [0.29, 0.717) is 5.70 Å². The minimum Gasteiger partial charge on any atom is -0.397 e. The first-order valence-electron chi connectivity index (χ1n) is 6.19. The summed E-state index contributed by atoms with van der Waals surface area (Å²) in [5.74, 6) is 0.776. The van der Waals surface area contributed by atoms with E-state index < -0.39 is 0 Å². The molecule has 0 atom stereocenters. The number of nitrogens with two attached hydrogens (primary N) is 1. The zero-order chi connectivity index (χ0) is 14.0. The van der Waals surface area contributed by atoms with Crippen molar-refractivity contribution in [2.75, 3.05) is 4.90 Å². The first kappa shape index (κ1) is 13.0. The lowest BCUT2D eigenvalue weighted by Crippen LogP contribution is -2.22. The van der Waals surface area contributed by atoms with Crippen molar-refractivity contribution in [3.8, 4) is 0 Å². The Morgan fingerprint density at radius 1 is 1.32 bits per heavy atom. The van der Waals surface area contributed by atoms with Gasteiger partial charge in [0.05, 0.1) is 17.1 Å². The van der Waals surface area contributed by atoms with Crippen molar-refractivity contribution in [2.24, 2.45) is 5.73 Å². The maximum Gasteiger partial charge on any atom is 0.108 e. The molecule has 3 N–H and O–H groups in total. The number of allylic oxidation sites excluding steroid dienone is 2. The Morgan fingerprint density at radius 2 is 1.95 bits per heavy atom. The highest BCUT2D eigenvalue weighted by Crippen LogP contribution is 2.32. The maximum atomic E-state index is 5.93. The Bertz CT molecular complexity index is 577. The van der Waals surface area contributed by atoms with Gasteiger partial charge in [-0.15, -0.1) is 0 Å². The second kappa shape index (κ2) is 5.06. The number of benzene rings is 1. The Balaban J connectivity index is 2.51. The van der Waals surface area contributed by atoms with Crippen LogP contribution < -0.4 is 16.0 Å². The van der Waals surface area contributed by atoms with Crippen LogP contribution in [0.2, 0.25) is 0 Å². The molecule has 0 unspecified atom stereocenters. The van der Waals surface area contributed by atoms with Crippen molar-refractivity contribution in [3.63, 3.8) is 0 Å². The Hall–Kier alpha value is -2.42. The Morgan fingerprint density at radius 3 is 2.47 bits per heavy atom. The standard InChI is InChI=1S/C16H19N3/c1-5-6-15-16(12(3)17)19(13(4)18-15)14-9-7-11(2)8-10-14/h5-10,18H,3-4,17H2,1-2H3/b6-5-. The van der Waals surface area contributed by atoms with Crippen LogP contribution in [-0.4, -0.2) is 0 Å². The zero-order valence-corrected chi connectivity index (χ0v) is 11.4. The molecule has 0 amide bonds. The van der Waals surface area contributed by atoms with Gasteiger partial charge in [-0.1, -0.05) is 36.9 Å². The van der Waals surface area contributed by atoms with Gasteiger partial charge >= 0.3 is 0 Å². The molecule has 1 aliphatic rings. The molecule has 0 saturated carbocycles. The van der Waals surface area contributed by atoms with Crippen molar-refractivity contribution in [1.29, 1.82) is 0 Å². The van der Waals surface area contributed by atoms with Gasteiger partial charge in [-0.05, 0) is 32.1 Å². The van der Waals surface area contributed by atoms with Crippen LogP contribution >= 0.6 is 0 Å². The summed E-state index contributed by atoms with van der Waals surface area (Å²) >= 11 is 0. The van der Waals surface area contributed by atoms with Crippen molar-refractivity contribution >= 4 is 5.69 Å². The summed E-state index contributed by atoms with van der Waals surface area (Å²) in [5.41, 5.74) is 10.4. The van der Waals surface area contributed by atoms with Gasteiger partial charge in [0.2, 0.25) is 0 Å². The van der Waals surface area contributed by atoms with Gasteiger partial charge in [-0.25, -0.2) is 0 Å². The Kier molecular flexibility index (Phi) is 3.47. The number of anilines is 1. The van der Waals surface area contributed by atoms with E-state index in [0.717, 1.165) is 22.9 Å². The number of hydrogen-bond acceptors (Lipinski definition) is 3. The highest BCUT2D eigenvalue weighted by molar-refractivity contribution is 5.67. The average molecular weight is 253 g/mol. The molecule has 1 heterocycles. The average Bonchev–Trinajstić information content (AvgIpc) is 2.68. The van der Waals surface area contributed by atoms with E-state index in [-0.39, 0.29) is 0 Å². The molecule has 0 spiro atoms. The minimum absolute atomic E-state index is 0.514. The van der Waals surface area contributed by atoms with E-state index in [1.54, 1.807) is 0 Å². The summed E-state index contributed by atoms with van der Waals surface area (Å²) in [5, 5.41) is 3.23. The van der Waals surface area contributed by atoms with Crippen LogP contribution in [0.4, 0.5) is 5.69 Å². The van der Waals surface area contributed by atoms with Crippen LogP contribution in [0.1, 0.15) is 12.5 Å². The second-order valence-corrected chi connectivity index (χ2v) is 4.53. The van der Waals surface area contributed by atoms with E-state index in [9.17, 15) is 0 Å². The van der Waals surface area contributed by atoms with E-state index >= 15 is 0 Å². The number of aryl methyl sites for hydroxylation is 1. The smallest absolute Gasteiger partial charge is 0.108 e. The van der Waals surface area contributed by atoms with Crippen LogP contribution in [0.5, 0.6) is 0 Å². The molecule has 0 fully saturated rings. The summed E-state index contributed by atoms with van der Waals surface area (Å²) in [6, 6.07) is 8.22. The molecule has 98 valence electrons. The van der Waals surface area contributed by atoms with Crippen LogP contribution in [0, 0.1) is 6.92 Å². The van der Waals surface area contributed by atoms with Gasteiger partial charge in [0.15, 0.2) is 0 Å². The van der Waals surface area contributed by atoms with Gasteiger partial charge in [0.25, 0.3) is 0 Å². The van der Waals surface area contributed by atoms with E-state index in [1.807, 2.05) is 36.1 Å². The molecule has 19 heavy (non-hydrogen) atoms. The predicted molar refractivity (Wildman–Crippen MR) is 81.1 cm³/mol. The molecular formula is C16H19N3. The molecule has 0 aromatic heterocycles. The quantitative estimate of drug-likeness (QED) is 0.869. The van der Waals surface area contributed by atoms with Gasteiger partial charge in [0, 0.05) is 5.69 Å². The van der Waals surface area contributed by atoms with Gasteiger partial charge in [-0.3, -0.25) is 4.90 Å². The lowest BCUT2D eigenvalue weighted by molar-refractivity contribution is 1.02. The maximum absolute atomic E-state index is 5.93. The fourth-order valence-electron chi connectivity index (χ4n) is 2.11. The van der Waals surface area contributed by atoms with Crippen LogP contribution in [0.15, 0.2) is 72.5 Å². The normalized spacial score (nSPS) is 15.3. The lowest BCUT2D eigenvalue weighted by Gasteiger charge is -2.22. The van der Waals surface area contributed by atoms with Crippen molar-refractivity contribution in [1.82, 2.24) is 5.32 Å². The van der Waals surface area contributed by atoms with Crippen molar-refractivity contribution in [3.05, 3.63) is 78.1 Å². The zero-order valence-electron chi connectivity index (χ0n) is 11.4. The molecule has 1 aromatic carbocycles. The Labute approximate surface area is 114 Å². The molecule has 3 nitrogen and oxygen atoms in total. The fourth-order valence-corrected chi connectivity index (χ4v) is 2.11. The summed E-state index contributed by atoms with van der Waals surface area (Å²) in [6.45, 7) is 11.9. The third-order valence-electron chi connectivity index (χ3n) is 2.96. The second-order valence-electron chi connectivity index (χ2n) is 4.53. The van der Waals surface area contributed by atoms with E-state index in [1.165, 1.54) is 5.56 Å². The van der Waals surface area contributed by atoms with Gasteiger partial charge in [0.1, 0.15) is 5.82 Å². The van der Waals surface area contributed by atoms with Crippen LogP contribution in [0.25, 0.3) is 0 Å². The first-order valence-corrected chi connectivity index (χ1v) is 6.19. The van der Waals surface area contributed by atoms with Crippen LogP contribution in [-0.2, 0) is 0 Å². The summed E-state index contributed by atoms with van der Waals surface area (Å²) in [7, 11) is 0. The molecule has 0 saturated heterocycles. The molecule has 0 bridgehead atoms. The van der Waals surface area contributed by atoms with E-state index in [2.05, 4.69) is 37.5 Å². The summed E-state index contributed by atoms with van der Waals surface area (Å²) < 4.78 is 0.